The van der Waals surface area contributed by atoms with Crippen LogP contribution >= 0.6 is 0 Å². The van der Waals surface area contributed by atoms with E-state index in [0.717, 1.165) is 16.8 Å². The fraction of sp³-hybridized carbons (Fsp3) is 0.462. The Labute approximate surface area is 102 Å². The van der Waals surface area contributed by atoms with E-state index in [1.54, 1.807) is 0 Å². The fourth-order valence-corrected chi connectivity index (χ4v) is 1.51. The summed E-state index contributed by atoms with van der Waals surface area (Å²) in [6.45, 7) is 5.84. The molecule has 4 nitrogen and oxygen atoms in total. The Morgan fingerprint density at radius 2 is 2.12 bits per heavy atom. The molecule has 1 aromatic carbocycles. The SMILES string of the molecule is CCC(CO)NC(=O)Nc1cccc(C)c1C. The van der Waals surface area contributed by atoms with E-state index in [0.29, 0.717) is 6.42 Å². The Hall–Kier alpha value is -1.55. The van der Waals surface area contributed by atoms with Crippen molar-refractivity contribution in [2.24, 2.45) is 0 Å². The summed E-state index contributed by atoms with van der Waals surface area (Å²) in [5.74, 6) is 0. The molecule has 17 heavy (non-hydrogen) atoms. The number of aryl methyl sites for hydroxylation is 1. The van der Waals surface area contributed by atoms with Gasteiger partial charge in [-0.25, -0.2) is 4.79 Å². The van der Waals surface area contributed by atoms with Crippen molar-refractivity contribution in [1.29, 1.82) is 0 Å². The van der Waals surface area contributed by atoms with Gasteiger partial charge in [-0.2, -0.15) is 0 Å². The molecule has 0 aliphatic rings. The van der Waals surface area contributed by atoms with Crippen molar-refractivity contribution in [2.75, 3.05) is 11.9 Å². The zero-order valence-electron chi connectivity index (χ0n) is 10.6. The Kier molecular flexibility index (Phi) is 4.97. The van der Waals surface area contributed by atoms with Gasteiger partial charge in [0.25, 0.3) is 0 Å². The minimum absolute atomic E-state index is 0.0449. The number of urea groups is 1. The average molecular weight is 236 g/mol. The number of hydrogen-bond acceptors (Lipinski definition) is 2. The molecule has 1 aromatic rings. The number of benzene rings is 1. The number of hydrogen-bond donors (Lipinski definition) is 3. The maximum Gasteiger partial charge on any atom is 0.319 e. The highest BCUT2D eigenvalue weighted by Crippen LogP contribution is 2.17. The Morgan fingerprint density at radius 3 is 2.71 bits per heavy atom. The van der Waals surface area contributed by atoms with Gasteiger partial charge in [-0.1, -0.05) is 19.1 Å². The van der Waals surface area contributed by atoms with Gasteiger partial charge in [0.1, 0.15) is 0 Å². The van der Waals surface area contributed by atoms with Gasteiger partial charge in [-0.05, 0) is 37.5 Å². The highest BCUT2D eigenvalue weighted by Gasteiger charge is 2.10. The molecule has 94 valence electrons. The molecule has 0 radical (unpaired) electrons. The summed E-state index contributed by atoms with van der Waals surface area (Å²) in [5, 5.41) is 14.5. The lowest BCUT2D eigenvalue weighted by atomic mass is 10.1. The van der Waals surface area contributed by atoms with Crippen molar-refractivity contribution < 1.29 is 9.90 Å². The molecule has 3 N–H and O–H groups in total. The molecular formula is C13H20N2O2. The van der Waals surface area contributed by atoms with Crippen LogP contribution in [0.25, 0.3) is 0 Å². The Morgan fingerprint density at radius 1 is 1.41 bits per heavy atom. The molecule has 0 fully saturated rings. The standard InChI is InChI=1S/C13H20N2O2/c1-4-11(8-16)14-13(17)15-12-7-5-6-9(2)10(12)3/h5-7,11,16H,4,8H2,1-3H3,(H2,14,15,17). The van der Waals surface area contributed by atoms with Crippen LogP contribution in [0.2, 0.25) is 0 Å². The van der Waals surface area contributed by atoms with E-state index in [2.05, 4.69) is 10.6 Å². The summed E-state index contributed by atoms with van der Waals surface area (Å²) in [7, 11) is 0. The molecule has 0 aromatic heterocycles. The third-order valence-electron chi connectivity index (χ3n) is 2.90. The second-order valence-electron chi connectivity index (χ2n) is 4.13. The second-order valence-corrected chi connectivity index (χ2v) is 4.13. The van der Waals surface area contributed by atoms with Gasteiger partial charge in [-0.3, -0.25) is 0 Å². The van der Waals surface area contributed by atoms with Gasteiger partial charge >= 0.3 is 6.03 Å². The molecule has 2 amide bonds. The Balaban J connectivity index is 2.65. The smallest absolute Gasteiger partial charge is 0.319 e. The first-order chi connectivity index (χ1) is 8.08. The third kappa shape index (κ3) is 3.75. The predicted octanol–water partition coefficient (Wildman–Crippen LogP) is 2.20. The molecule has 4 heteroatoms. The number of aliphatic hydroxyl groups is 1. The van der Waals surface area contributed by atoms with Crippen molar-refractivity contribution in [1.82, 2.24) is 5.32 Å². The predicted molar refractivity (Wildman–Crippen MR) is 69.2 cm³/mol. The molecule has 0 saturated heterocycles. The number of aliphatic hydroxyl groups excluding tert-OH is 1. The van der Waals surface area contributed by atoms with Gasteiger partial charge in [-0.15, -0.1) is 0 Å². The number of carbonyl (C=O) groups is 1. The fourth-order valence-electron chi connectivity index (χ4n) is 1.51. The quantitative estimate of drug-likeness (QED) is 0.750. The van der Waals surface area contributed by atoms with Crippen LogP contribution in [-0.4, -0.2) is 23.8 Å². The lowest BCUT2D eigenvalue weighted by molar-refractivity contribution is 0.222. The van der Waals surface area contributed by atoms with Crippen molar-refractivity contribution in [3.8, 4) is 0 Å². The van der Waals surface area contributed by atoms with Crippen LogP contribution < -0.4 is 10.6 Å². The zero-order valence-corrected chi connectivity index (χ0v) is 10.6. The summed E-state index contributed by atoms with van der Waals surface area (Å²) in [6.07, 6.45) is 0.705. The summed E-state index contributed by atoms with van der Waals surface area (Å²) in [5.41, 5.74) is 2.99. The largest absolute Gasteiger partial charge is 0.394 e. The lowest BCUT2D eigenvalue weighted by Gasteiger charge is -2.16. The molecule has 0 aliphatic heterocycles. The molecule has 1 rings (SSSR count). The molecule has 1 unspecified atom stereocenters. The summed E-state index contributed by atoms with van der Waals surface area (Å²) >= 11 is 0. The normalized spacial score (nSPS) is 12.0. The van der Waals surface area contributed by atoms with Crippen molar-refractivity contribution in [2.45, 2.75) is 33.2 Å². The molecule has 1 atom stereocenters. The maximum atomic E-state index is 11.7. The number of nitrogens with one attached hydrogen (secondary N) is 2. The van der Waals surface area contributed by atoms with Crippen LogP contribution in [0.4, 0.5) is 10.5 Å². The van der Waals surface area contributed by atoms with E-state index < -0.39 is 0 Å². The molecule has 0 spiro atoms. The maximum absolute atomic E-state index is 11.7. The van der Waals surface area contributed by atoms with Crippen LogP contribution in [0.1, 0.15) is 24.5 Å². The van der Waals surface area contributed by atoms with Crippen LogP contribution in [0.3, 0.4) is 0 Å². The van der Waals surface area contributed by atoms with Crippen molar-refractivity contribution in [3.63, 3.8) is 0 Å². The number of anilines is 1. The minimum atomic E-state index is -0.278. The van der Waals surface area contributed by atoms with Crippen molar-refractivity contribution >= 4 is 11.7 Å². The highest BCUT2D eigenvalue weighted by atomic mass is 16.3. The Bertz CT molecular complexity index is 387. The molecule has 0 heterocycles. The molecular weight excluding hydrogens is 216 g/mol. The molecule has 0 aliphatic carbocycles. The summed E-state index contributed by atoms with van der Waals surface area (Å²) < 4.78 is 0. The van der Waals surface area contributed by atoms with E-state index in [1.807, 2.05) is 39.0 Å². The molecule has 0 saturated carbocycles. The summed E-state index contributed by atoms with van der Waals surface area (Å²) in [6, 6.07) is 5.30. The number of amides is 2. The zero-order chi connectivity index (χ0) is 12.8. The number of carbonyl (C=O) groups excluding carboxylic acids is 1. The first-order valence-electron chi connectivity index (χ1n) is 5.83. The van der Waals surface area contributed by atoms with Crippen molar-refractivity contribution in [3.05, 3.63) is 29.3 Å². The van der Waals surface area contributed by atoms with E-state index >= 15 is 0 Å². The van der Waals surface area contributed by atoms with Crippen LogP contribution in [0, 0.1) is 13.8 Å². The van der Waals surface area contributed by atoms with Gasteiger partial charge in [0.2, 0.25) is 0 Å². The third-order valence-corrected chi connectivity index (χ3v) is 2.90. The molecule has 0 bridgehead atoms. The van der Waals surface area contributed by atoms with Gasteiger partial charge in [0, 0.05) is 5.69 Å². The van der Waals surface area contributed by atoms with Crippen LogP contribution in [0.15, 0.2) is 18.2 Å². The monoisotopic (exact) mass is 236 g/mol. The van der Waals surface area contributed by atoms with Gasteiger partial charge < -0.3 is 15.7 Å². The first kappa shape index (κ1) is 13.5. The topological polar surface area (TPSA) is 61.4 Å². The number of rotatable bonds is 4. The average Bonchev–Trinajstić information content (AvgIpc) is 2.32. The highest BCUT2D eigenvalue weighted by molar-refractivity contribution is 5.90. The van der Waals surface area contributed by atoms with Crippen LogP contribution in [-0.2, 0) is 0 Å². The minimum Gasteiger partial charge on any atom is -0.394 e. The van der Waals surface area contributed by atoms with E-state index in [4.69, 9.17) is 5.11 Å². The van der Waals surface area contributed by atoms with Gasteiger partial charge in [0.05, 0.1) is 12.6 Å². The van der Waals surface area contributed by atoms with Crippen LogP contribution in [0.5, 0.6) is 0 Å². The summed E-state index contributed by atoms with van der Waals surface area (Å²) in [4.78, 5) is 11.7. The van der Waals surface area contributed by atoms with E-state index in [-0.39, 0.29) is 18.7 Å². The second kappa shape index (κ2) is 6.25. The lowest BCUT2D eigenvalue weighted by Crippen LogP contribution is -2.39. The van der Waals surface area contributed by atoms with E-state index in [9.17, 15) is 4.79 Å². The first-order valence-corrected chi connectivity index (χ1v) is 5.83. The van der Waals surface area contributed by atoms with E-state index in [1.165, 1.54) is 0 Å². The van der Waals surface area contributed by atoms with Gasteiger partial charge in [0.15, 0.2) is 0 Å².